The number of thioether (sulfide) groups is 1. The van der Waals surface area contributed by atoms with E-state index in [-0.39, 0.29) is 11.7 Å². The van der Waals surface area contributed by atoms with Crippen LogP contribution in [0.5, 0.6) is 11.5 Å². The fourth-order valence-corrected chi connectivity index (χ4v) is 3.72. The number of hydrogen-bond acceptors (Lipinski definition) is 5. The number of benzene rings is 2. The van der Waals surface area contributed by atoms with Gasteiger partial charge in [0.15, 0.2) is 11.5 Å². The molecule has 0 aliphatic carbocycles. The van der Waals surface area contributed by atoms with Crippen molar-refractivity contribution in [2.45, 2.75) is 0 Å². The van der Waals surface area contributed by atoms with E-state index in [4.69, 9.17) is 32.7 Å². The molecule has 1 saturated heterocycles. The number of fused-ring (bicyclic) bond motifs is 1. The number of halogens is 2. The van der Waals surface area contributed by atoms with Crippen LogP contribution in [0.3, 0.4) is 0 Å². The number of carbonyl (C=O) groups is 2. The van der Waals surface area contributed by atoms with E-state index in [0.29, 0.717) is 32.8 Å². The normalized spacial score (nSPS) is 17.7. The van der Waals surface area contributed by atoms with Crippen LogP contribution in [0.2, 0.25) is 10.0 Å². The quantitative estimate of drug-likeness (QED) is 0.674. The van der Waals surface area contributed by atoms with E-state index in [1.165, 1.54) is 0 Å². The van der Waals surface area contributed by atoms with Gasteiger partial charge in [0.2, 0.25) is 6.79 Å². The first-order valence-electron chi connectivity index (χ1n) is 7.15. The van der Waals surface area contributed by atoms with Crippen LogP contribution in [0.25, 0.3) is 6.08 Å². The second-order valence-corrected chi connectivity index (χ2v) is 7.06. The van der Waals surface area contributed by atoms with E-state index < -0.39 is 11.1 Å². The molecule has 2 aromatic rings. The third-order valence-electron chi connectivity index (χ3n) is 3.64. The van der Waals surface area contributed by atoms with Crippen LogP contribution in [0.1, 0.15) is 5.56 Å². The standard InChI is InChI=1S/C17H9Cl2NO4S/c18-10-2-1-3-11(6-10)20-16(21)15(25-17(20)22)5-9-4-13-14(7-12(9)19)24-8-23-13/h1-7H,8H2/b15-5+. The number of nitrogens with zero attached hydrogens (tertiary/aromatic N) is 1. The van der Waals surface area contributed by atoms with Crippen molar-refractivity contribution in [1.82, 2.24) is 0 Å². The first-order chi connectivity index (χ1) is 12.0. The van der Waals surface area contributed by atoms with Gasteiger partial charge in [0.1, 0.15) is 0 Å². The van der Waals surface area contributed by atoms with E-state index in [9.17, 15) is 9.59 Å². The fraction of sp³-hybridized carbons (Fsp3) is 0.0588. The highest BCUT2D eigenvalue weighted by molar-refractivity contribution is 8.19. The molecule has 1 fully saturated rings. The van der Waals surface area contributed by atoms with Gasteiger partial charge in [-0.2, -0.15) is 0 Å². The van der Waals surface area contributed by atoms with Crippen LogP contribution in [0, 0.1) is 0 Å². The van der Waals surface area contributed by atoms with Crippen LogP contribution in [0.15, 0.2) is 41.3 Å². The third-order valence-corrected chi connectivity index (χ3v) is 5.07. The van der Waals surface area contributed by atoms with Crippen molar-refractivity contribution < 1.29 is 19.1 Å². The van der Waals surface area contributed by atoms with Gasteiger partial charge < -0.3 is 9.47 Å². The van der Waals surface area contributed by atoms with Gasteiger partial charge in [0.05, 0.1) is 15.6 Å². The smallest absolute Gasteiger partial charge is 0.298 e. The van der Waals surface area contributed by atoms with Crippen LogP contribution in [-0.2, 0) is 4.79 Å². The summed E-state index contributed by atoms with van der Waals surface area (Å²) in [7, 11) is 0. The Morgan fingerprint density at radius 2 is 1.84 bits per heavy atom. The summed E-state index contributed by atoms with van der Waals surface area (Å²) in [5.41, 5.74) is 0.998. The van der Waals surface area contributed by atoms with Gasteiger partial charge in [-0.05, 0) is 47.7 Å². The molecule has 0 unspecified atom stereocenters. The summed E-state index contributed by atoms with van der Waals surface area (Å²) in [4.78, 5) is 26.3. The molecule has 0 spiro atoms. The molecular weight excluding hydrogens is 385 g/mol. The molecule has 2 amide bonds. The summed E-state index contributed by atoms with van der Waals surface area (Å²) in [6.45, 7) is 0.125. The lowest BCUT2D eigenvalue weighted by Gasteiger charge is -2.12. The topological polar surface area (TPSA) is 55.8 Å². The van der Waals surface area contributed by atoms with Crippen LogP contribution >= 0.6 is 35.0 Å². The molecule has 0 saturated carbocycles. The van der Waals surface area contributed by atoms with Crippen molar-refractivity contribution in [3.63, 3.8) is 0 Å². The molecule has 2 aliphatic heterocycles. The Morgan fingerprint density at radius 3 is 2.60 bits per heavy atom. The molecule has 0 radical (unpaired) electrons. The number of amides is 2. The largest absolute Gasteiger partial charge is 0.454 e. The Bertz CT molecular complexity index is 944. The second kappa shape index (κ2) is 6.29. The molecule has 2 heterocycles. The minimum absolute atomic E-state index is 0.125. The highest BCUT2D eigenvalue weighted by Crippen LogP contribution is 2.40. The van der Waals surface area contributed by atoms with Gasteiger partial charge in [0, 0.05) is 11.1 Å². The monoisotopic (exact) mass is 393 g/mol. The number of ether oxygens (including phenoxy) is 2. The number of hydrogen-bond donors (Lipinski definition) is 0. The maximum absolute atomic E-state index is 12.7. The summed E-state index contributed by atoms with van der Waals surface area (Å²) < 4.78 is 10.6. The average molecular weight is 394 g/mol. The van der Waals surface area contributed by atoms with Crippen LogP contribution in [0.4, 0.5) is 10.5 Å². The Balaban J connectivity index is 1.69. The van der Waals surface area contributed by atoms with Crippen molar-refractivity contribution in [2.75, 3.05) is 11.7 Å². The van der Waals surface area contributed by atoms with E-state index in [1.807, 2.05) is 0 Å². The number of rotatable bonds is 2. The Morgan fingerprint density at radius 1 is 1.08 bits per heavy atom. The maximum Gasteiger partial charge on any atom is 0.298 e. The Labute approximate surface area is 157 Å². The Kier molecular flexibility index (Phi) is 4.11. The van der Waals surface area contributed by atoms with Crippen molar-refractivity contribution in [2.24, 2.45) is 0 Å². The van der Waals surface area contributed by atoms with Crippen molar-refractivity contribution >= 4 is 57.9 Å². The first-order valence-corrected chi connectivity index (χ1v) is 8.73. The fourth-order valence-electron chi connectivity index (χ4n) is 2.49. The highest BCUT2D eigenvalue weighted by atomic mass is 35.5. The summed E-state index contributed by atoms with van der Waals surface area (Å²) in [5.74, 6) is 0.671. The first kappa shape index (κ1) is 16.3. The van der Waals surface area contributed by atoms with Crippen molar-refractivity contribution in [3.05, 3.63) is 56.9 Å². The van der Waals surface area contributed by atoms with E-state index in [2.05, 4.69) is 0 Å². The lowest BCUT2D eigenvalue weighted by Crippen LogP contribution is -2.27. The van der Waals surface area contributed by atoms with Gasteiger partial charge in [-0.25, -0.2) is 4.90 Å². The average Bonchev–Trinajstić information content (AvgIpc) is 3.12. The lowest BCUT2D eigenvalue weighted by atomic mass is 10.1. The summed E-state index contributed by atoms with van der Waals surface area (Å²) >= 11 is 13.0. The molecule has 5 nitrogen and oxygen atoms in total. The minimum Gasteiger partial charge on any atom is -0.454 e. The molecule has 2 aliphatic rings. The molecule has 0 N–H and O–H groups in total. The number of anilines is 1. The zero-order valence-electron chi connectivity index (χ0n) is 12.5. The van der Waals surface area contributed by atoms with E-state index >= 15 is 0 Å². The molecule has 8 heteroatoms. The molecule has 126 valence electrons. The zero-order valence-corrected chi connectivity index (χ0v) is 14.8. The summed E-state index contributed by atoms with van der Waals surface area (Å²) in [5, 5.41) is 0.452. The minimum atomic E-state index is -0.425. The molecule has 25 heavy (non-hydrogen) atoms. The van der Waals surface area contributed by atoms with Crippen molar-refractivity contribution in [3.8, 4) is 11.5 Å². The van der Waals surface area contributed by atoms with Gasteiger partial charge >= 0.3 is 0 Å². The molecule has 0 atom stereocenters. The maximum atomic E-state index is 12.7. The summed E-state index contributed by atoms with van der Waals surface area (Å²) in [6.07, 6.45) is 1.57. The van der Waals surface area contributed by atoms with Crippen LogP contribution < -0.4 is 14.4 Å². The Hall–Kier alpha value is -2.15. The lowest BCUT2D eigenvalue weighted by molar-refractivity contribution is -0.113. The van der Waals surface area contributed by atoms with E-state index in [1.54, 1.807) is 42.5 Å². The SMILES string of the molecule is O=C1S/C(=C/c2cc3c(cc2Cl)OCO3)C(=O)N1c1cccc(Cl)c1. The predicted octanol–water partition coefficient (Wildman–Crippen LogP) is 4.96. The third kappa shape index (κ3) is 2.97. The van der Waals surface area contributed by atoms with Crippen LogP contribution in [-0.4, -0.2) is 17.9 Å². The van der Waals surface area contributed by atoms with Gasteiger partial charge in [-0.3, -0.25) is 9.59 Å². The van der Waals surface area contributed by atoms with E-state index in [0.717, 1.165) is 16.7 Å². The summed E-state index contributed by atoms with van der Waals surface area (Å²) in [6, 6.07) is 9.87. The van der Waals surface area contributed by atoms with Crippen molar-refractivity contribution in [1.29, 1.82) is 0 Å². The number of imide groups is 1. The zero-order chi connectivity index (χ0) is 17.6. The molecule has 0 aromatic heterocycles. The molecule has 4 rings (SSSR count). The van der Waals surface area contributed by atoms with Gasteiger partial charge in [-0.1, -0.05) is 29.3 Å². The predicted molar refractivity (Wildman–Crippen MR) is 97.5 cm³/mol. The number of carbonyl (C=O) groups excluding carboxylic acids is 2. The molecule has 0 bridgehead atoms. The second-order valence-electron chi connectivity index (χ2n) is 5.22. The van der Waals surface area contributed by atoms with Gasteiger partial charge in [-0.15, -0.1) is 0 Å². The highest BCUT2D eigenvalue weighted by Gasteiger charge is 2.36. The molecular formula is C17H9Cl2NO4S. The molecule has 2 aromatic carbocycles. The van der Waals surface area contributed by atoms with Gasteiger partial charge in [0.25, 0.3) is 11.1 Å².